The Morgan fingerprint density at radius 2 is 1.89 bits per heavy atom. The number of thiocarbonyl (C=S) groups is 1. The third-order valence-corrected chi connectivity index (χ3v) is 7.28. The van der Waals surface area contributed by atoms with E-state index >= 15 is 0 Å². The number of rotatable bonds is 6. The highest BCUT2D eigenvalue weighted by Crippen LogP contribution is 2.34. The number of hydrogen-bond acceptors (Lipinski definition) is 5. The predicted octanol–water partition coefficient (Wildman–Crippen LogP) is 5.56. The van der Waals surface area contributed by atoms with Crippen LogP contribution in [0.1, 0.15) is 21.5 Å². The molecule has 0 spiro atoms. The van der Waals surface area contributed by atoms with Gasteiger partial charge in [-0.25, -0.2) is 4.79 Å². The van der Waals surface area contributed by atoms with Crippen molar-refractivity contribution in [1.82, 2.24) is 9.88 Å². The molecule has 0 unspecified atom stereocenters. The number of carbonyl (C=O) groups is 2. The average molecular weight is 500 g/mol. The summed E-state index contributed by atoms with van der Waals surface area (Å²) in [4.78, 5) is 29.4. The molecule has 0 aliphatic carbocycles. The topological polar surface area (TPSA) is 99.4 Å². The number of amides is 1. The number of nitrogens with zero attached hydrogens (tertiary/aromatic N) is 1. The summed E-state index contributed by atoms with van der Waals surface area (Å²) in [7, 11) is 0. The Labute approximate surface area is 211 Å². The first-order valence-corrected chi connectivity index (χ1v) is 12.2. The largest absolute Gasteiger partial charge is 0.478 e. The molecule has 1 aliphatic heterocycles. The molecule has 35 heavy (non-hydrogen) atoms. The number of fused-ring (bicyclic) bond motifs is 1. The lowest BCUT2D eigenvalue weighted by Gasteiger charge is -2.14. The summed E-state index contributed by atoms with van der Waals surface area (Å²) in [5.41, 5.74) is 11.9. The number of aromatic nitrogens is 1. The van der Waals surface area contributed by atoms with Crippen molar-refractivity contribution in [2.24, 2.45) is 0 Å². The standard InChI is InChI=1S/C27H21N3O3S2/c28-22-15-21(14-20-8-10-29-24(20)22)19-3-1-2-17(12-19)13-23-25(31)30(27(34)35-23)11-9-16-4-6-18(7-5-16)26(32)33/h1-8,10,12-15,29H,9,11,28H2,(H,32,33). The monoisotopic (exact) mass is 499 g/mol. The third kappa shape index (κ3) is 4.71. The van der Waals surface area contributed by atoms with E-state index in [0.29, 0.717) is 27.9 Å². The third-order valence-electron chi connectivity index (χ3n) is 5.91. The molecule has 1 saturated heterocycles. The number of carbonyl (C=O) groups excluding carboxylic acids is 1. The highest BCUT2D eigenvalue weighted by atomic mass is 32.2. The molecule has 1 amide bonds. The zero-order valence-electron chi connectivity index (χ0n) is 18.5. The van der Waals surface area contributed by atoms with Gasteiger partial charge in [-0.3, -0.25) is 9.69 Å². The van der Waals surface area contributed by atoms with Gasteiger partial charge in [0.2, 0.25) is 0 Å². The number of nitrogens with one attached hydrogen (secondary N) is 1. The summed E-state index contributed by atoms with van der Waals surface area (Å²) >= 11 is 6.76. The van der Waals surface area contributed by atoms with Crippen molar-refractivity contribution in [2.45, 2.75) is 6.42 Å². The Morgan fingerprint density at radius 3 is 2.66 bits per heavy atom. The molecule has 0 radical (unpaired) electrons. The number of aromatic amines is 1. The van der Waals surface area contributed by atoms with Gasteiger partial charge in [0.25, 0.3) is 5.91 Å². The highest BCUT2D eigenvalue weighted by molar-refractivity contribution is 8.26. The molecule has 8 heteroatoms. The van der Waals surface area contributed by atoms with Gasteiger partial charge in [0.1, 0.15) is 4.32 Å². The first-order valence-electron chi connectivity index (χ1n) is 10.9. The fourth-order valence-electron chi connectivity index (χ4n) is 4.07. The first-order chi connectivity index (χ1) is 16.9. The molecular weight excluding hydrogens is 478 g/mol. The van der Waals surface area contributed by atoms with Crippen molar-refractivity contribution < 1.29 is 14.7 Å². The van der Waals surface area contributed by atoms with E-state index < -0.39 is 5.97 Å². The van der Waals surface area contributed by atoms with Crippen LogP contribution in [0.5, 0.6) is 0 Å². The van der Waals surface area contributed by atoms with Crippen molar-refractivity contribution in [3.63, 3.8) is 0 Å². The number of hydrogen-bond donors (Lipinski definition) is 3. The molecule has 5 rings (SSSR count). The lowest BCUT2D eigenvalue weighted by molar-refractivity contribution is -0.122. The average Bonchev–Trinajstić information content (AvgIpc) is 3.43. The van der Waals surface area contributed by atoms with E-state index in [1.165, 1.54) is 11.8 Å². The number of H-pyrrole nitrogens is 1. The molecule has 0 atom stereocenters. The molecule has 1 fully saturated rings. The van der Waals surface area contributed by atoms with E-state index in [1.54, 1.807) is 29.2 Å². The molecule has 174 valence electrons. The van der Waals surface area contributed by atoms with E-state index in [9.17, 15) is 9.59 Å². The number of carboxylic acid groups (broad SMARTS) is 1. The van der Waals surface area contributed by atoms with Crippen LogP contribution in [0.25, 0.3) is 28.1 Å². The van der Waals surface area contributed by atoms with Crippen LogP contribution < -0.4 is 5.73 Å². The Bertz CT molecular complexity index is 1510. The fourth-order valence-corrected chi connectivity index (χ4v) is 5.38. The Morgan fingerprint density at radius 1 is 1.09 bits per heavy atom. The van der Waals surface area contributed by atoms with Gasteiger partial charge in [-0.2, -0.15) is 0 Å². The van der Waals surface area contributed by atoms with Gasteiger partial charge in [0, 0.05) is 18.1 Å². The van der Waals surface area contributed by atoms with Gasteiger partial charge < -0.3 is 15.8 Å². The Balaban J connectivity index is 1.33. The maximum absolute atomic E-state index is 13.1. The zero-order valence-corrected chi connectivity index (χ0v) is 20.2. The predicted molar refractivity (Wildman–Crippen MR) is 145 cm³/mol. The van der Waals surface area contributed by atoms with Gasteiger partial charge in [0.05, 0.1) is 21.7 Å². The number of thioether (sulfide) groups is 1. The molecule has 4 N–H and O–H groups in total. The van der Waals surface area contributed by atoms with Crippen molar-refractivity contribution in [3.8, 4) is 11.1 Å². The van der Waals surface area contributed by atoms with Crippen molar-refractivity contribution in [1.29, 1.82) is 0 Å². The second-order valence-electron chi connectivity index (χ2n) is 8.22. The summed E-state index contributed by atoms with van der Waals surface area (Å²) in [6.07, 6.45) is 4.31. The number of benzene rings is 3. The minimum atomic E-state index is -0.962. The van der Waals surface area contributed by atoms with E-state index in [2.05, 4.69) is 11.1 Å². The maximum atomic E-state index is 13.1. The second-order valence-corrected chi connectivity index (χ2v) is 9.89. The van der Waals surface area contributed by atoms with Crippen LogP contribution in [0.4, 0.5) is 5.69 Å². The SMILES string of the molecule is Nc1cc(-c2cccc(C=C3SC(=S)N(CCc4ccc(C(=O)O)cc4)C3=O)c2)cc2cc[nH]c12. The number of aromatic carboxylic acids is 1. The number of anilines is 1. The van der Waals surface area contributed by atoms with E-state index in [0.717, 1.165) is 33.2 Å². The molecule has 6 nitrogen and oxygen atoms in total. The minimum Gasteiger partial charge on any atom is -0.478 e. The summed E-state index contributed by atoms with van der Waals surface area (Å²) in [5, 5.41) is 10.1. The first kappa shape index (κ1) is 22.9. The number of nitrogen functional groups attached to an aromatic ring is 1. The molecule has 1 aromatic heterocycles. The van der Waals surface area contributed by atoms with Gasteiger partial charge in [-0.05, 0) is 71.1 Å². The second kappa shape index (κ2) is 9.40. The normalized spacial score (nSPS) is 14.9. The minimum absolute atomic E-state index is 0.120. The molecular formula is C27H21N3O3S2. The van der Waals surface area contributed by atoms with Gasteiger partial charge in [0.15, 0.2) is 0 Å². The number of nitrogens with two attached hydrogens (primary N) is 1. The van der Waals surface area contributed by atoms with E-state index in [1.807, 2.05) is 48.7 Å². The van der Waals surface area contributed by atoms with Crippen LogP contribution >= 0.6 is 24.0 Å². The van der Waals surface area contributed by atoms with Crippen LogP contribution in [0.15, 0.2) is 77.8 Å². The molecule has 1 aliphatic rings. The van der Waals surface area contributed by atoms with Gasteiger partial charge in [-0.15, -0.1) is 0 Å². The summed E-state index contributed by atoms with van der Waals surface area (Å²) < 4.78 is 0.519. The fraction of sp³-hybridized carbons (Fsp3) is 0.0741. The van der Waals surface area contributed by atoms with Crippen molar-refractivity contribution in [2.75, 3.05) is 12.3 Å². The molecule has 0 bridgehead atoms. The lowest BCUT2D eigenvalue weighted by atomic mass is 10.0. The molecule has 0 saturated carbocycles. The Kier molecular flexibility index (Phi) is 6.15. The van der Waals surface area contributed by atoms with Gasteiger partial charge >= 0.3 is 5.97 Å². The van der Waals surface area contributed by atoms with Crippen molar-refractivity contribution in [3.05, 3.63) is 94.5 Å². The summed E-state index contributed by atoms with van der Waals surface area (Å²) in [6, 6.07) is 20.6. The highest BCUT2D eigenvalue weighted by Gasteiger charge is 2.31. The Hall–Kier alpha value is -3.88. The van der Waals surface area contributed by atoms with E-state index in [4.69, 9.17) is 23.1 Å². The molecule has 4 aromatic rings. The van der Waals surface area contributed by atoms with Crippen LogP contribution in [0.3, 0.4) is 0 Å². The quantitative estimate of drug-likeness (QED) is 0.183. The van der Waals surface area contributed by atoms with E-state index in [-0.39, 0.29) is 11.5 Å². The van der Waals surface area contributed by atoms with Crippen LogP contribution in [0, 0.1) is 0 Å². The lowest BCUT2D eigenvalue weighted by Crippen LogP contribution is -2.30. The van der Waals surface area contributed by atoms with Crippen LogP contribution in [0.2, 0.25) is 0 Å². The van der Waals surface area contributed by atoms with Crippen molar-refractivity contribution >= 4 is 62.8 Å². The van der Waals surface area contributed by atoms with Crippen LogP contribution in [-0.4, -0.2) is 37.7 Å². The zero-order chi connectivity index (χ0) is 24.5. The molecule has 3 aromatic carbocycles. The number of carboxylic acids is 1. The van der Waals surface area contributed by atoms with Gasteiger partial charge in [-0.1, -0.05) is 54.3 Å². The van der Waals surface area contributed by atoms with Crippen LogP contribution in [-0.2, 0) is 11.2 Å². The molecule has 2 heterocycles. The summed E-state index contributed by atoms with van der Waals surface area (Å²) in [5.74, 6) is -1.08. The summed E-state index contributed by atoms with van der Waals surface area (Å²) in [6.45, 7) is 0.435. The smallest absolute Gasteiger partial charge is 0.335 e. The maximum Gasteiger partial charge on any atom is 0.335 e.